The summed E-state index contributed by atoms with van der Waals surface area (Å²) in [5.74, 6) is -0.969. The van der Waals surface area contributed by atoms with Crippen molar-refractivity contribution in [1.29, 1.82) is 0 Å². The van der Waals surface area contributed by atoms with Gasteiger partial charge >= 0.3 is 19.7 Å². The van der Waals surface area contributed by atoms with Gasteiger partial charge in [0.2, 0.25) is 0 Å². The minimum Gasteiger partial charge on any atom is -0.423 e. The molecule has 1 heterocycles. The standard InChI is InChI=1S/C40H46BF6N5O11/c42-39(43,44)33-9-4-30(25-34(33)41(55)56)38(54)49-11-13-58-15-17-60-19-21-62-23-22-61-20-18-59-16-14-57-12-10-48-37(53)29-3-1-2-28(24-29)35-26-36(51-27-50-35)52-31-5-7-32(8-6-31)63-40(45,46)47/h1-9,24-27,55-56H,10-23H2,(H,48,53)(H,49,54)(H,50,51,52). The maximum atomic E-state index is 13.0. The Bertz CT molecular complexity index is 2000. The van der Waals surface area contributed by atoms with Gasteiger partial charge in [0.1, 0.15) is 17.9 Å². The molecular weight excluding hydrogens is 851 g/mol. The number of carbonyl (C=O) groups excluding carboxylic acids is 2. The topological polar surface area (TPSA) is 201 Å². The Kier molecular flexibility index (Phi) is 21.0. The van der Waals surface area contributed by atoms with Gasteiger partial charge in [-0.2, -0.15) is 13.2 Å². The first-order valence-electron chi connectivity index (χ1n) is 19.3. The van der Waals surface area contributed by atoms with Crippen LogP contribution < -0.4 is 26.2 Å². The van der Waals surface area contributed by atoms with Crippen molar-refractivity contribution in [2.75, 3.05) is 97.7 Å². The van der Waals surface area contributed by atoms with Crippen molar-refractivity contribution in [2.45, 2.75) is 12.5 Å². The molecule has 0 unspecified atom stereocenters. The molecule has 63 heavy (non-hydrogen) atoms. The predicted octanol–water partition coefficient (Wildman–Crippen LogP) is 3.74. The summed E-state index contributed by atoms with van der Waals surface area (Å²) in [5.41, 5.74) is -0.178. The van der Waals surface area contributed by atoms with E-state index in [0.29, 0.717) is 87.2 Å². The molecule has 4 rings (SSSR count). The summed E-state index contributed by atoms with van der Waals surface area (Å²) in [5, 5.41) is 26.8. The summed E-state index contributed by atoms with van der Waals surface area (Å²) in [6.07, 6.45) is -8.27. The molecule has 0 aliphatic carbocycles. The minimum atomic E-state index is -4.81. The first-order chi connectivity index (χ1) is 30.2. The summed E-state index contributed by atoms with van der Waals surface area (Å²) in [7, 11) is -2.40. The van der Waals surface area contributed by atoms with Crippen molar-refractivity contribution in [3.05, 3.63) is 95.8 Å². The normalized spacial score (nSPS) is 11.6. The summed E-state index contributed by atoms with van der Waals surface area (Å²) < 4.78 is 113. The van der Waals surface area contributed by atoms with Gasteiger partial charge in [0.15, 0.2) is 0 Å². The Hall–Kier alpha value is -5.40. The molecule has 0 saturated carbocycles. The molecule has 5 N–H and O–H groups in total. The van der Waals surface area contributed by atoms with Gasteiger partial charge in [-0.1, -0.05) is 12.1 Å². The third-order valence-electron chi connectivity index (χ3n) is 8.27. The zero-order valence-corrected chi connectivity index (χ0v) is 33.7. The lowest BCUT2D eigenvalue weighted by molar-refractivity contribution is -0.274. The largest absolute Gasteiger partial charge is 0.573 e. The highest BCUT2D eigenvalue weighted by atomic mass is 19.4. The molecule has 0 fully saturated rings. The van der Waals surface area contributed by atoms with Crippen LogP contribution in [0, 0.1) is 0 Å². The number of amides is 2. The highest BCUT2D eigenvalue weighted by Crippen LogP contribution is 2.29. The van der Waals surface area contributed by atoms with Crippen LogP contribution in [0.1, 0.15) is 26.3 Å². The zero-order valence-electron chi connectivity index (χ0n) is 33.7. The van der Waals surface area contributed by atoms with Crippen LogP contribution in [0.4, 0.5) is 37.8 Å². The van der Waals surface area contributed by atoms with Gasteiger partial charge < -0.3 is 59.2 Å². The van der Waals surface area contributed by atoms with Gasteiger partial charge in [-0.3, -0.25) is 9.59 Å². The number of carbonyl (C=O) groups is 2. The summed E-state index contributed by atoms with van der Waals surface area (Å²) >= 11 is 0. The molecule has 0 bridgehead atoms. The number of hydrogen-bond acceptors (Lipinski definition) is 14. The summed E-state index contributed by atoms with van der Waals surface area (Å²) in [4.78, 5) is 33.4. The van der Waals surface area contributed by atoms with Crippen LogP contribution in [0.2, 0.25) is 0 Å². The summed E-state index contributed by atoms with van der Waals surface area (Å²) in [6.45, 7) is 3.92. The number of anilines is 2. The van der Waals surface area contributed by atoms with Gasteiger partial charge in [0, 0.05) is 41.5 Å². The molecule has 23 heteroatoms. The maximum Gasteiger partial charge on any atom is 0.573 e. The van der Waals surface area contributed by atoms with Crippen molar-refractivity contribution in [3.8, 4) is 17.0 Å². The fraction of sp³-hybridized carbons (Fsp3) is 0.400. The second-order valence-electron chi connectivity index (χ2n) is 12.9. The van der Waals surface area contributed by atoms with Crippen LogP contribution in [0.3, 0.4) is 0 Å². The molecule has 4 aromatic rings. The highest BCUT2D eigenvalue weighted by molar-refractivity contribution is 6.59. The van der Waals surface area contributed by atoms with E-state index < -0.39 is 36.6 Å². The minimum absolute atomic E-state index is 0.0673. The fourth-order valence-electron chi connectivity index (χ4n) is 5.35. The Morgan fingerprint density at radius 3 is 1.60 bits per heavy atom. The number of rotatable bonds is 28. The van der Waals surface area contributed by atoms with Gasteiger partial charge in [0.25, 0.3) is 11.8 Å². The molecule has 0 saturated heterocycles. The van der Waals surface area contributed by atoms with E-state index in [4.69, 9.17) is 28.4 Å². The third-order valence-corrected chi connectivity index (χ3v) is 8.27. The molecule has 0 atom stereocenters. The monoisotopic (exact) mass is 897 g/mol. The Balaban J connectivity index is 0.936. The van der Waals surface area contributed by atoms with Crippen LogP contribution in [-0.2, 0) is 34.6 Å². The quantitative estimate of drug-likeness (QED) is 0.0314. The number of nitrogens with zero attached hydrogens (tertiary/aromatic N) is 2. The third kappa shape index (κ3) is 19.3. The van der Waals surface area contributed by atoms with E-state index in [2.05, 4.69) is 30.7 Å². The number of nitrogens with one attached hydrogen (secondary N) is 3. The average molecular weight is 898 g/mol. The molecule has 342 valence electrons. The second kappa shape index (κ2) is 26.3. The van der Waals surface area contributed by atoms with Crippen LogP contribution in [0.5, 0.6) is 5.75 Å². The van der Waals surface area contributed by atoms with Gasteiger partial charge in [-0.25, -0.2) is 9.97 Å². The fourth-order valence-corrected chi connectivity index (χ4v) is 5.35. The van der Waals surface area contributed by atoms with Crippen LogP contribution in [0.25, 0.3) is 11.3 Å². The van der Waals surface area contributed by atoms with Crippen LogP contribution >= 0.6 is 0 Å². The first kappa shape index (κ1) is 50.3. The number of aromatic nitrogens is 2. The molecule has 16 nitrogen and oxygen atoms in total. The van der Waals surface area contributed by atoms with E-state index in [0.717, 1.165) is 12.1 Å². The lowest BCUT2D eigenvalue weighted by Gasteiger charge is -2.14. The zero-order chi connectivity index (χ0) is 45.5. The number of benzene rings is 3. The van der Waals surface area contributed by atoms with E-state index in [9.17, 15) is 46.0 Å². The smallest absolute Gasteiger partial charge is 0.423 e. The Morgan fingerprint density at radius 1 is 0.603 bits per heavy atom. The molecular formula is C40H46BF6N5O11. The van der Waals surface area contributed by atoms with E-state index in [1.165, 1.54) is 30.6 Å². The molecule has 1 aromatic heterocycles. The SMILES string of the molecule is O=C(NCCOCCOCCOCCOCCOCCOCCNC(=O)c1ccc(C(F)(F)F)c(B(O)O)c1)c1cccc(-c2cc(Nc3ccc(OC(F)(F)F)cc3)ncn2)c1. The molecule has 3 aromatic carbocycles. The second-order valence-corrected chi connectivity index (χ2v) is 12.9. The van der Waals surface area contributed by atoms with Crippen molar-refractivity contribution < 1.29 is 79.1 Å². The summed E-state index contributed by atoms with van der Waals surface area (Å²) in [6, 6.07) is 16.0. The molecule has 0 radical (unpaired) electrons. The predicted molar refractivity (Wildman–Crippen MR) is 215 cm³/mol. The number of alkyl halides is 6. The van der Waals surface area contributed by atoms with Crippen molar-refractivity contribution in [1.82, 2.24) is 20.6 Å². The van der Waals surface area contributed by atoms with Crippen molar-refractivity contribution in [2.24, 2.45) is 0 Å². The highest BCUT2D eigenvalue weighted by Gasteiger charge is 2.36. The lowest BCUT2D eigenvalue weighted by atomic mass is 9.76. The first-order valence-corrected chi connectivity index (χ1v) is 19.3. The van der Waals surface area contributed by atoms with Crippen LogP contribution in [-0.4, -0.2) is 138 Å². The molecule has 0 spiro atoms. The van der Waals surface area contributed by atoms with E-state index in [-0.39, 0.29) is 56.7 Å². The maximum absolute atomic E-state index is 13.0. The van der Waals surface area contributed by atoms with Crippen LogP contribution in [0.15, 0.2) is 79.1 Å². The van der Waals surface area contributed by atoms with Gasteiger partial charge in [-0.05, 0) is 60.1 Å². The Labute approximate surface area is 358 Å². The molecule has 2 amide bonds. The van der Waals surface area contributed by atoms with Crippen molar-refractivity contribution >= 4 is 35.9 Å². The van der Waals surface area contributed by atoms with Gasteiger partial charge in [-0.15, -0.1) is 13.2 Å². The number of hydrogen-bond donors (Lipinski definition) is 5. The number of ether oxygens (including phenoxy) is 7. The van der Waals surface area contributed by atoms with Crippen molar-refractivity contribution in [3.63, 3.8) is 0 Å². The van der Waals surface area contributed by atoms with E-state index in [1.54, 1.807) is 30.3 Å². The van der Waals surface area contributed by atoms with E-state index in [1.807, 2.05) is 0 Å². The number of halogens is 6. The molecule has 0 aliphatic heterocycles. The Morgan fingerprint density at radius 2 is 1.11 bits per heavy atom. The average Bonchev–Trinajstić information content (AvgIpc) is 3.25. The molecule has 0 aliphatic rings. The van der Waals surface area contributed by atoms with Gasteiger partial charge in [0.05, 0.1) is 90.5 Å². The van der Waals surface area contributed by atoms with E-state index >= 15 is 0 Å². The lowest BCUT2D eigenvalue weighted by Crippen LogP contribution is -2.37.